The number of carbonyl (C=O) groups excluding carboxylic acids is 2. The van der Waals surface area contributed by atoms with Gasteiger partial charge in [-0.2, -0.15) is 4.98 Å². The Hall–Kier alpha value is -3.65. The largest absolute Gasteiger partial charge is 0.324 e. The van der Waals surface area contributed by atoms with Crippen LogP contribution in [0, 0.1) is 0 Å². The van der Waals surface area contributed by atoms with Gasteiger partial charge in [0.2, 0.25) is 22.9 Å². The highest BCUT2D eigenvalue weighted by Gasteiger charge is 2.33. The number of rotatable bonds is 5. The molecule has 1 aliphatic heterocycles. The first-order valence-electron chi connectivity index (χ1n) is 9.89. The minimum Gasteiger partial charge on any atom is -0.324 e. The van der Waals surface area contributed by atoms with Crippen molar-refractivity contribution in [2.75, 3.05) is 10.6 Å². The Morgan fingerprint density at radius 1 is 1.06 bits per heavy atom. The van der Waals surface area contributed by atoms with Gasteiger partial charge in [-0.3, -0.25) is 14.9 Å². The van der Waals surface area contributed by atoms with Crippen LogP contribution in [-0.4, -0.2) is 26.6 Å². The van der Waals surface area contributed by atoms with Crippen molar-refractivity contribution in [1.29, 1.82) is 0 Å². The first kappa shape index (κ1) is 19.3. The van der Waals surface area contributed by atoms with E-state index in [-0.39, 0.29) is 18.2 Å². The number of carbonyl (C=O) groups is 2. The van der Waals surface area contributed by atoms with Crippen LogP contribution in [0.1, 0.15) is 18.0 Å². The molecule has 2 N–H and O–H groups in total. The molecule has 0 aliphatic carbocycles. The lowest BCUT2D eigenvalue weighted by atomic mass is 10.1. The minimum atomic E-state index is -0.763. The van der Waals surface area contributed by atoms with Crippen LogP contribution in [0.25, 0.3) is 10.8 Å². The standard InChI is InChI=1S/C23H19N5O2S/c29-20-13-19(21(30)24-18-12-6-10-16-9-4-5-11-17(16)18)28-22(25-20)26-23(27-28)31-14-15-7-2-1-3-8-15/h1-12,19H,13-14H2,(H,24,30)(H,25,26,27,29). The van der Waals surface area contributed by atoms with E-state index in [1.54, 1.807) is 0 Å². The normalized spacial score (nSPS) is 15.4. The van der Waals surface area contributed by atoms with Crippen LogP contribution in [0.15, 0.2) is 78.0 Å². The second-order valence-corrected chi connectivity index (χ2v) is 8.16. The van der Waals surface area contributed by atoms with Gasteiger partial charge in [0.05, 0.1) is 6.42 Å². The van der Waals surface area contributed by atoms with Gasteiger partial charge >= 0.3 is 0 Å². The van der Waals surface area contributed by atoms with Crippen molar-refractivity contribution in [3.8, 4) is 0 Å². The zero-order valence-electron chi connectivity index (χ0n) is 16.5. The van der Waals surface area contributed by atoms with Crippen molar-refractivity contribution in [3.05, 3.63) is 78.4 Å². The molecule has 1 atom stereocenters. The number of benzene rings is 3. The smallest absolute Gasteiger partial charge is 0.249 e. The van der Waals surface area contributed by atoms with Crippen molar-refractivity contribution in [1.82, 2.24) is 14.8 Å². The lowest BCUT2D eigenvalue weighted by molar-refractivity contribution is -0.125. The lowest BCUT2D eigenvalue weighted by Crippen LogP contribution is -2.36. The van der Waals surface area contributed by atoms with Gasteiger partial charge in [-0.25, -0.2) is 4.68 Å². The van der Waals surface area contributed by atoms with E-state index >= 15 is 0 Å². The molecular formula is C23H19N5O2S. The van der Waals surface area contributed by atoms with Crippen molar-refractivity contribution in [3.63, 3.8) is 0 Å². The van der Waals surface area contributed by atoms with Gasteiger partial charge in [-0.05, 0) is 17.0 Å². The summed E-state index contributed by atoms with van der Waals surface area (Å²) in [7, 11) is 0. The Labute approximate surface area is 182 Å². The number of hydrogen-bond donors (Lipinski definition) is 2. The van der Waals surface area contributed by atoms with Gasteiger partial charge in [0.15, 0.2) is 0 Å². The van der Waals surface area contributed by atoms with Gasteiger partial charge in [-0.1, -0.05) is 78.5 Å². The van der Waals surface area contributed by atoms with Crippen LogP contribution in [0.5, 0.6) is 0 Å². The maximum atomic E-state index is 13.1. The quantitative estimate of drug-likeness (QED) is 0.463. The van der Waals surface area contributed by atoms with Gasteiger partial charge in [0.25, 0.3) is 0 Å². The SMILES string of the molecule is O=C1CC(C(=O)Nc2cccc3ccccc23)n2nc(SCc3ccccc3)nc2N1. The van der Waals surface area contributed by atoms with E-state index in [0.717, 1.165) is 16.3 Å². The summed E-state index contributed by atoms with van der Waals surface area (Å²) in [6, 6.07) is 22.8. The number of nitrogens with one attached hydrogen (secondary N) is 2. The van der Waals surface area contributed by atoms with E-state index in [0.29, 0.717) is 22.5 Å². The maximum absolute atomic E-state index is 13.1. The summed E-state index contributed by atoms with van der Waals surface area (Å²) in [6.45, 7) is 0. The molecule has 1 unspecified atom stereocenters. The van der Waals surface area contributed by atoms with E-state index in [9.17, 15) is 9.59 Å². The van der Waals surface area contributed by atoms with Crippen molar-refractivity contribution >= 4 is 46.0 Å². The topological polar surface area (TPSA) is 88.9 Å². The summed E-state index contributed by atoms with van der Waals surface area (Å²) < 4.78 is 1.51. The van der Waals surface area contributed by atoms with Crippen LogP contribution in [0.3, 0.4) is 0 Å². The number of aromatic nitrogens is 3. The molecule has 4 aromatic rings. The molecule has 1 aliphatic rings. The molecule has 31 heavy (non-hydrogen) atoms. The molecule has 0 saturated carbocycles. The Morgan fingerprint density at radius 3 is 2.71 bits per heavy atom. The van der Waals surface area contributed by atoms with Crippen LogP contribution in [-0.2, 0) is 15.3 Å². The van der Waals surface area contributed by atoms with Gasteiger partial charge in [0, 0.05) is 16.8 Å². The van der Waals surface area contributed by atoms with Gasteiger partial charge in [0.1, 0.15) is 6.04 Å². The second kappa shape index (κ2) is 8.23. The summed E-state index contributed by atoms with van der Waals surface area (Å²) >= 11 is 1.46. The number of hydrogen-bond acceptors (Lipinski definition) is 5. The lowest BCUT2D eigenvalue weighted by Gasteiger charge is -2.22. The first-order chi connectivity index (χ1) is 15.2. The number of thioether (sulfide) groups is 1. The molecule has 0 spiro atoms. The first-order valence-corrected chi connectivity index (χ1v) is 10.9. The maximum Gasteiger partial charge on any atom is 0.249 e. The van der Waals surface area contributed by atoms with Crippen molar-refractivity contribution in [2.24, 2.45) is 0 Å². The molecule has 0 saturated heterocycles. The van der Waals surface area contributed by atoms with Crippen LogP contribution < -0.4 is 10.6 Å². The molecule has 7 nitrogen and oxygen atoms in total. The number of nitrogens with zero attached hydrogens (tertiary/aromatic N) is 3. The molecule has 1 aromatic heterocycles. The highest BCUT2D eigenvalue weighted by Crippen LogP contribution is 2.29. The molecule has 3 aromatic carbocycles. The zero-order chi connectivity index (χ0) is 21.2. The van der Waals surface area contributed by atoms with Crippen molar-refractivity contribution < 1.29 is 9.59 Å². The molecule has 0 radical (unpaired) electrons. The zero-order valence-corrected chi connectivity index (χ0v) is 17.3. The predicted molar refractivity (Wildman–Crippen MR) is 121 cm³/mol. The van der Waals surface area contributed by atoms with E-state index in [1.807, 2.05) is 72.8 Å². The molecule has 5 rings (SSSR count). The van der Waals surface area contributed by atoms with Gasteiger partial charge < -0.3 is 5.32 Å². The van der Waals surface area contributed by atoms with Crippen LogP contribution >= 0.6 is 11.8 Å². The fourth-order valence-electron chi connectivity index (χ4n) is 3.58. The average molecular weight is 430 g/mol. The summed E-state index contributed by atoms with van der Waals surface area (Å²) in [5, 5.41) is 12.7. The summed E-state index contributed by atoms with van der Waals surface area (Å²) in [5.41, 5.74) is 1.85. The summed E-state index contributed by atoms with van der Waals surface area (Å²) in [6.07, 6.45) is 0.00967. The Balaban J connectivity index is 1.38. The second-order valence-electron chi connectivity index (χ2n) is 7.22. The monoisotopic (exact) mass is 429 g/mol. The van der Waals surface area contributed by atoms with E-state index in [1.165, 1.54) is 16.4 Å². The molecule has 8 heteroatoms. The Bertz CT molecular complexity index is 1270. The number of fused-ring (bicyclic) bond motifs is 2. The number of amides is 2. The molecular weight excluding hydrogens is 410 g/mol. The van der Waals surface area contributed by atoms with E-state index in [2.05, 4.69) is 20.7 Å². The highest BCUT2D eigenvalue weighted by molar-refractivity contribution is 7.98. The molecule has 2 amide bonds. The summed E-state index contributed by atoms with van der Waals surface area (Å²) in [4.78, 5) is 29.7. The van der Waals surface area contributed by atoms with E-state index in [4.69, 9.17) is 0 Å². The third-order valence-corrected chi connectivity index (χ3v) is 6.01. The van der Waals surface area contributed by atoms with Crippen LogP contribution in [0.4, 0.5) is 11.6 Å². The molecule has 154 valence electrons. The Morgan fingerprint density at radius 2 is 1.84 bits per heavy atom. The molecule has 0 bridgehead atoms. The summed E-state index contributed by atoms with van der Waals surface area (Å²) in [5.74, 6) is 0.449. The fourth-order valence-corrected chi connectivity index (χ4v) is 4.37. The molecule has 2 heterocycles. The van der Waals surface area contributed by atoms with Crippen LogP contribution in [0.2, 0.25) is 0 Å². The third-order valence-electron chi connectivity index (χ3n) is 5.10. The fraction of sp³-hybridized carbons (Fsp3) is 0.130. The minimum absolute atomic E-state index is 0.00967. The average Bonchev–Trinajstić information content (AvgIpc) is 3.21. The third kappa shape index (κ3) is 4.02. The Kier molecular flexibility index (Phi) is 5.13. The van der Waals surface area contributed by atoms with E-state index < -0.39 is 6.04 Å². The predicted octanol–water partition coefficient (Wildman–Crippen LogP) is 4.25. The van der Waals surface area contributed by atoms with Crippen molar-refractivity contribution in [2.45, 2.75) is 23.4 Å². The highest BCUT2D eigenvalue weighted by atomic mass is 32.2. The van der Waals surface area contributed by atoms with Gasteiger partial charge in [-0.15, -0.1) is 5.10 Å². The number of anilines is 2. The molecule has 0 fully saturated rings.